The summed E-state index contributed by atoms with van der Waals surface area (Å²) in [6.07, 6.45) is 3.95. The monoisotopic (exact) mass is 391 g/mol. The minimum absolute atomic E-state index is 0.150. The smallest absolute Gasteiger partial charge is 0.252 e. The van der Waals surface area contributed by atoms with Crippen molar-refractivity contribution in [1.82, 2.24) is 14.7 Å². The van der Waals surface area contributed by atoms with Crippen LogP contribution in [-0.4, -0.2) is 15.3 Å². The van der Waals surface area contributed by atoms with Crippen LogP contribution >= 0.6 is 11.8 Å². The molecule has 0 spiro atoms. The molecule has 1 amide bonds. The first-order chi connectivity index (χ1) is 13.7. The second-order valence-corrected chi connectivity index (χ2v) is 7.27. The molecule has 4 aromatic rings. The fourth-order valence-electron chi connectivity index (χ4n) is 2.90. The van der Waals surface area contributed by atoms with Crippen LogP contribution in [0.1, 0.15) is 21.6 Å². The first kappa shape index (κ1) is 18.3. The largest absolute Gasteiger partial charge is 0.348 e. The van der Waals surface area contributed by atoms with E-state index in [1.54, 1.807) is 36.0 Å². The van der Waals surface area contributed by atoms with Gasteiger partial charge in [0.2, 0.25) is 0 Å². The number of carbonyl (C=O) groups is 1. The van der Waals surface area contributed by atoms with Gasteiger partial charge in [0.1, 0.15) is 11.5 Å². The van der Waals surface area contributed by atoms with E-state index in [4.69, 9.17) is 0 Å². The van der Waals surface area contributed by atoms with Crippen molar-refractivity contribution in [3.8, 4) is 0 Å². The summed E-state index contributed by atoms with van der Waals surface area (Å²) in [7, 11) is 0. The molecule has 2 heterocycles. The molecule has 0 saturated heterocycles. The lowest BCUT2D eigenvalue weighted by Crippen LogP contribution is -2.23. The molecular weight excluding hydrogens is 373 g/mol. The zero-order valence-corrected chi connectivity index (χ0v) is 15.8. The van der Waals surface area contributed by atoms with Gasteiger partial charge in [-0.15, -0.1) is 11.8 Å². The van der Waals surface area contributed by atoms with Crippen molar-refractivity contribution in [3.63, 3.8) is 0 Å². The van der Waals surface area contributed by atoms with Gasteiger partial charge < -0.3 is 9.72 Å². The van der Waals surface area contributed by atoms with E-state index in [1.165, 1.54) is 6.07 Å². The van der Waals surface area contributed by atoms with Crippen LogP contribution in [0.3, 0.4) is 0 Å². The number of hydrogen-bond donors (Lipinski definition) is 1. The summed E-state index contributed by atoms with van der Waals surface area (Å²) < 4.78 is 15.7. The fraction of sp³-hybridized carbons (Fsp3) is 0.0909. The Morgan fingerprint density at radius 3 is 2.68 bits per heavy atom. The van der Waals surface area contributed by atoms with E-state index >= 15 is 0 Å². The quantitative estimate of drug-likeness (QED) is 0.485. The van der Waals surface area contributed by atoms with Gasteiger partial charge in [0.25, 0.3) is 5.91 Å². The standard InChI is InChI=1S/C22H18FN3OS/c23-19-9-3-1-7-16(19)13-24-22(27)18-8-2-4-10-20(18)28-15-17-14-26-12-6-5-11-21(26)25-17/h1-12,14H,13,15H2,(H,24,27). The van der Waals surface area contributed by atoms with Gasteiger partial charge in [0, 0.05) is 35.2 Å². The topological polar surface area (TPSA) is 46.4 Å². The van der Waals surface area contributed by atoms with E-state index in [2.05, 4.69) is 10.3 Å². The van der Waals surface area contributed by atoms with E-state index in [0.29, 0.717) is 16.9 Å². The van der Waals surface area contributed by atoms with Crippen molar-refractivity contribution in [2.75, 3.05) is 0 Å². The van der Waals surface area contributed by atoms with Crippen LogP contribution in [0.25, 0.3) is 5.65 Å². The number of nitrogens with zero attached hydrogens (tertiary/aromatic N) is 2. The molecule has 0 unspecified atom stereocenters. The first-order valence-corrected chi connectivity index (χ1v) is 9.85. The Labute approximate surface area is 166 Å². The maximum absolute atomic E-state index is 13.8. The summed E-state index contributed by atoms with van der Waals surface area (Å²) >= 11 is 1.56. The Morgan fingerprint density at radius 2 is 1.82 bits per heavy atom. The highest BCUT2D eigenvalue weighted by Crippen LogP contribution is 2.26. The predicted molar refractivity (Wildman–Crippen MR) is 109 cm³/mol. The number of imidazole rings is 1. The minimum Gasteiger partial charge on any atom is -0.348 e. The van der Waals surface area contributed by atoms with Crippen LogP contribution in [0, 0.1) is 5.82 Å². The number of thioether (sulfide) groups is 1. The fourth-order valence-corrected chi connectivity index (χ4v) is 3.83. The molecule has 140 valence electrons. The number of nitrogens with one attached hydrogen (secondary N) is 1. The molecule has 6 heteroatoms. The van der Waals surface area contributed by atoms with E-state index in [1.807, 2.05) is 53.2 Å². The summed E-state index contributed by atoms with van der Waals surface area (Å²) in [5.41, 5.74) is 2.88. The summed E-state index contributed by atoms with van der Waals surface area (Å²) in [6, 6.07) is 19.7. The molecule has 2 aromatic heterocycles. The van der Waals surface area contributed by atoms with Crippen LogP contribution in [0.15, 0.2) is 84.0 Å². The van der Waals surface area contributed by atoms with Gasteiger partial charge in [-0.1, -0.05) is 36.4 Å². The van der Waals surface area contributed by atoms with Crippen LogP contribution in [0.5, 0.6) is 0 Å². The highest BCUT2D eigenvalue weighted by atomic mass is 32.2. The van der Waals surface area contributed by atoms with Gasteiger partial charge in [-0.3, -0.25) is 4.79 Å². The number of hydrogen-bond acceptors (Lipinski definition) is 3. The zero-order valence-electron chi connectivity index (χ0n) is 15.0. The Kier molecular flexibility index (Phi) is 5.39. The van der Waals surface area contributed by atoms with Crippen molar-refractivity contribution in [2.24, 2.45) is 0 Å². The third-order valence-corrected chi connectivity index (χ3v) is 5.43. The Bertz CT molecular complexity index is 1090. The lowest BCUT2D eigenvalue weighted by molar-refractivity contribution is 0.0947. The van der Waals surface area contributed by atoms with Gasteiger partial charge in [-0.25, -0.2) is 9.37 Å². The molecule has 4 nitrogen and oxygen atoms in total. The SMILES string of the molecule is O=C(NCc1ccccc1F)c1ccccc1SCc1cn2ccccc2n1. The number of halogens is 1. The van der Waals surface area contributed by atoms with E-state index < -0.39 is 0 Å². The van der Waals surface area contributed by atoms with Crippen molar-refractivity contribution in [1.29, 1.82) is 0 Å². The van der Waals surface area contributed by atoms with Crippen molar-refractivity contribution < 1.29 is 9.18 Å². The molecular formula is C22H18FN3OS. The number of pyridine rings is 1. The average molecular weight is 391 g/mol. The summed E-state index contributed by atoms with van der Waals surface area (Å²) in [4.78, 5) is 18.1. The molecule has 0 aliphatic rings. The molecule has 0 radical (unpaired) electrons. The van der Waals surface area contributed by atoms with Crippen LogP contribution < -0.4 is 5.32 Å². The Balaban J connectivity index is 1.45. The molecule has 0 bridgehead atoms. The highest BCUT2D eigenvalue weighted by Gasteiger charge is 2.13. The molecule has 0 atom stereocenters. The van der Waals surface area contributed by atoms with E-state index in [-0.39, 0.29) is 18.3 Å². The summed E-state index contributed by atoms with van der Waals surface area (Å²) in [5, 5.41) is 2.80. The Morgan fingerprint density at radius 1 is 1.04 bits per heavy atom. The highest BCUT2D eigenvalue weighted by molar-refractivity contribution is 7.98. The molecule has 0 fully saturated rings. The molecule has 28 heavy (non-hydrogen) atoms. The Hall–Kier alpha value is -3.12. The number of fused-ring (bicyclic) bond motifs is 1. The van der Waals surface area contributed by atoms with Crippen LogP contribution in [-0.2, 0) is 12.3 Å². The van der Waals surface area contributed by atoms with E-state index in [9.17, 15) is 9.18 Å². The van der Waals surface area contributed by atoms with Crippen LogP contribution in [0.4, 0.5) is 4.39 Å². The van der Waals surface area contributed by atoms with Gasteiger partial charge in [0.15, 0.2) is 0 Å². The van der Waals surface area contributed by atoms with Gasteiger partial charge in [-0.2, -0.15) is 0 Å². The molecule has 1 N–H and O–H groups in total. The molecule has 0 aliphatic carbocycles. The van der Waals surface area contributed by atoms with E-state index in [0.717, 1.165) is 16.2 Å². The normalized spacial score (nSPS) is 10.9. The maximum Gasteiger partial charge on any atom is 0.252 e. The number of aromatic nitrogens is 2. The second-order valence-electron chi connectivity index (χ2n) is 6.26. The van der Waals surface area contributed by atoms with Crippen molar-refractivity contribution in [2.45, 2.75) is 17.2 Å². The van der Waals surface area contributed by atoms with Crippen LogP contribution in [0.2, 0.25) is 0 Å². The zero-order chi connectivity index (χ0) is 19.3. The van der Waals surface area contributed by atoms with Gasteiger partial charge >= 0.3 is 0 Å². The summed E-state index contributed by atoms with van der Waals surface area (Å²) in [6.45, 7) is 0.150. The number of rotatable bonds is 6. The van der Waals surface area contributed by atoms with Gasteiger partial charge in [-0.05, 0) is 30.3 Å². The number of benzene rings is 2. The first-order valence-electron chi connectivity index (χ1n) is 8.87. The lowest BCUT2D eigenvalue weighted by Gasteiger charge is -2.10. The van der Waals surface area contributed by atoms with Crippen molar-refractivity contribution >= 4 is 23.3 Å². The number of amides is 1. The van der Waals surface area contributed by atoms with Gasteiger partial charge in [0.05, 0.1) is 11.3 Å². The molecule has 4 rings (SSSR count). The maximum atomic E-state index is 13.8. The predicted octanol–water partition coefficient (Wildman–Crippen LogP) is 4.70. The molecule has 2 aromatic carbocycles. The number of carbonyl (C=O) groups excluding carboxylic acids is 1. The third kappa shape index (κ3) is 4.07. The third-order valence-electron chi connectivity index (χ3n) is 4.32. The minimum atomic E-state index is -0.322. The lowest BCUT2D eigenvalue weighted by atomic mass is 10.2. The molecule has 0 saturated carbocycles. The summed E-state index contributed by atoms with van der Waals surface area (Å²) in [5.74, 6) is 0.109. The second kappa shape index (κ2) is 8.27. The average Bonchev–Trinajstić information content (AvgIpc) is 3.15. The molecule has 0 aliphatic heterocycles. The van der Waals surface area contributed by atoms with Crippen molar-refractivity contribution in [3.05, 3.63) is 102 Å².